The molecule has 1 heterocycles. The van der Waals surface area contributed by atoms with Crippen LogP contribution < -0.4 is 5.32 Å². The van der Waals surface area contributed by atoms with Gasteiger partial charge in [-0.2, -0.15) is 18.2 Å². The van der Waals surface area contributed by atoms with E-state index in [0.29, 0.717) is 24.3 Å². The van der Waals surface area contributed by atoms with Crippen LogP contribution >= 0.6 is 0 Å². The molecule has 0 saturated carbocycles. The van der Waals surface area contributed by atoms with Gasteiger partial charge in [0.05, 0.1) is 6.10 Å². The third-order valence-electron chi connectivity index (χ3n) is 3.08. The zero-order valence-corrected chi connectivity index (χ0v) is 13.1. The van der Waals surface area contributed by atoms with Crippen LogP contribution in [0, 0.1) is 0 Å². The zero-order chi connectivity index (χ0) is 17.7. The van der Waals surface area contributed by atoms with Crippen LogP contribution in [0.2, 0.25) is 0 Å². The Labute approximate surface area is 136 Å². The Morgan fingerprint density at radius 1 is 1.33 bits per heavy atom. The molecule has 0 aliphatic rings. The molecule has 1 aromatic carbocycles. The lowest BCUT2D eigenvalue weighted by Gasteiger charge is -2.12. The summed E-state index contributed by atoms with van der Waals surface area (Å²) in [6.45, 7) is 4.60. The van der Waals surface area contributed by atoms with E-state index in [0.717, 1.165) is 0 Å². The smallest absolute Gasteiger partial charge is 0.377 e. The monoisotopic (exact) mass is 343 g/mol. The number of nitrogens with zero attached hydrogens (tertiary/aromatic N) is 2. The van der Waals surface area contributed by atoms with E-state index in [1.165, 1.54) is 24.3 Å². The molecule has 130 valence electrons. The number of aromatic nitrogens is 2. The number of rotatable bonds is 6. The van der Waals surface area contributed by atoms with Gasteiger partial charge in [0.15, 0.2) is 0 Å². The van der Waals surface area contributed by atoms with Gasteiger partial charge in [-0.1, -0.05) is 17.3 Å². The Balaban J connectivity index is 2.02. The summed E-state index contributed by atoms with van der Waals surface area (Å²) in [5.41, 5.74) is 0.676. The molecule has 1 unspecified atom stereocenters. The average Bonchev–Trinajstić information content (AvgIpc) is 3.03. The maximum atomic E-state index is 12.4. The summed E-state index contributed by atoms with van der Waals surface area (Å²) in [5, 5.41) is 5.99. The highest BCUT2D eigenvalue weighted by Crippen LogP contribution is 2.29. The maximum absolute atomic E-state index is 12.4. The molecule has 0 aliphatic heterocycles. The van der Waals surface area contributed by atoms with Gasteiger partial charge in [0.1, 0.15) is 0 Å². The number of hydrogen-bond acceptors (Lipinski definition) is 5. The molecule has 0 spiro atoms. The first kappa shape index (κ1) is 17.9. The first-order valence-electron chi connectivity index (χ1n) is 7.22. The third-order valence-corrected chi connectivity index (χ3v) is 3.08. The molecule has 6 nitrogen and oxygen atoms in total. The lowest BCUT2D eigenvalue weighted by molar-refractivity contribution is -0.159. The summed E-state index contributed by atoms with van der Waals surface area (Å²) in [5.74, 6) is -1.92. The second-order valence-corrected chi connectivity index (χ2v) is 4.97. The minimum atomic E-state index is -4.69. The number of carbonyl (C=O) groups is 1. The number of carbonyl (C=O) groups excluding carboxylic acids is 1. The first-order chi connectivity index (χ1) is 11.3. The van der Waals surface area contributed by atoms with Crippen molar-refractivity contribution in [1.82, 2.24) is 15.5 Å². The number of nitrogens with one attached hydrogen (secondary N) is 1. The van der Waals surface area contributed by atoms with Gasteiger partial charge in [-0.25, -0.2) is 0 Å². The Morgan fingerprint density at radius 3 is 2.54 bits per heavy atom. The van der Waals surface area contributed by atoms with E-state index in [1.54, 1.807) is 0 Å². The summed E-state index contributed by atoms with van der Waals surface area (Å²) in [6, 6.07) is 5.84. The molecule has 0 radical (unpaired) electrons. The molecule has 0 aliphatic carbocycles. The summed E-state index contributed by atoms with van der Waals surface area (Å²) < 4.78 is 46.8. The van der Waals surface area contributed by atoms with Crippen molar-refractivity contribution in [2.24, 2.45) is 0 Å². The lowest BCUT2D eigenvalue weighted by Crippen LogP contribution is -2.32. The fraction of sp³-hybridized carbons (Fsp3) is 0.400. The van der Waals surface area contributed by atoms with Crippen molar-refractivity contribution >= 4 is 5.91 Å². The molecular formula is C15H16F3N3O3. The fourth-order valence-electron chi connectivity index (χ4n) is 1.91. The number of ether oxygens (including phenoxy) is 1. The maximum Gasteiger partial charge on any atom is 0.471 e. The molecule has 9 heteroatoms. The summed E-state index contributed by atoms with van der Waals surface area (Å²) in [6.07, 6.45) is -4.80. The Hall–Kier alpha value is -2.42. The van der Waals surface area contributed by atoms with Gasteiger partial charge in [-0.3, -0.25) is 4.79 Å². The van der Waals surface area contributed by atoms with Gasteiger partial charge < -0.3 is 14.6 Å². The lowest BCUT2D eigenvalue weighted by atomic mass is 10.1. The van der Waals surface area contributed by atoms with Gasteiger partial charge in [-0.05, 0) is 26.0 Å². The molecule has 0 fully saturated rings. The minimum Gasteiger partial charge on any atom is -0.377 e. The van der Waals surface area contributed by atoms with E-state index in [1.807, 2.05) is 13.8 Å². The van der Waals surface area contributed by atoms with Crippen molar-refractivity contribution in [2.75, 3.05) is 13.2 Å². The molecular weight excluding hydrogens is 327 g/mol. The number of hydrogen-bond donors (Lipinski definition) is 1. The Bertz CT molecular complexity index is 683. The van der Waals surface area contributed by atoms with Gasteiger partial charge in [0.25, 0.3) is 5.91 Å². The molecule has 2 rings (SSSR count). The van der Waals surface area contributed by atoms with E-state index < -0.39 is 12.1 Å². The van der Waals surface area contributed by atoms with E-state index in [9.17, 15) is 18.0 Å². The topological polar surface area (TPSA) is 77.2 Å². The van der Waals surface area contributed by atoms with Crippen molar-refractivity contribution in [2.45, 2.75) is 26.1 Å². The summed E-state index contributed by atoms with van der Waals surface area (Å²) in [7, 11) is 0. The van der Waals surface area contributed by atoms with Gasteiger partial charge in [0, 0.05) is 24.3 Å². The summed E-state index contributed by atoms with van der Waals surface area (Å²) in [4.78, 5) is 15.3. The van der Waals surface area contributed by atoms with Crippen LogP contribution in [-0.4, -0.2) is 35.3 Å². The number of halogens is 3. The second kappa shape index (κ2) is 7.43. The van der Waals surface area contributed by atoms with Crippen LogP contribution in [-0.2, 0) is 10.9 Å². The van der Waals surface area contributed by atoms with Gasteiger partial charge in [0.2, 0.25) is 5.82 Å². The number of amides is 1. The Kier molecular flexibility index (Phi) is 5.55. The quantitative estimate of drug-likeness (QED) is 0.873. The van der Waals surface area contributed by atoms with Crippen LogP contribution in [0.15, 0.2) is 28.8 Å². The molecule has 1 atom stereocenters. The summed E-state index contributed by atoms with van der Waals surface area (Å²) >= 11 is 0. The minimum absolute atomic E-state index is 0.113. The molecule has 1 aromatic heterocycles. The molecule has 0 saturated heterocycles. The SMILES string of the molecule is CCOC(C)CNC(=O)c1ccc(-c2noc(C(F)(F)F)n2)cc1. The van der Waals surface area contributed by atoms with Crippen LogP contribution in [0.3, 0.4) is 0 Å². The molecule has 0 bridgehead atoms. The van der Waals surface area contributed by atoms with Crippen molar-refractivity contribution in [3.05, 3.63) is 35.7 Å². The highest BCUT2D eigenvalue weighted by molar-refractivity contribution is 5.94. The van der Waals surface area contributed by atoms with Crippen molar-refractivity contribution < 1.29 is 27.2 Å². The van der Waals surface area contributed by atoms with Gasteiger partial charge in [-0.15, -0.1) is 0 Å². The zero-order valence-electron chi connectivity index (χ0n) is 13.1. The largest absolute Gasteiger partial charge is 0.471 e. The molecule has 1 amide bonds. The van der Waals surface area contributed by atoms with E-state index in [2.05, 4.69) is 20.0 Å². The predicted octanol–water partition coefficient (Wildman–Crippen LogP) is 2.91. The van der Waals surface area contributed by atoms with Crippen molar-refractivity contribution in [3.63, 3.8) is 0 Å². The van der Waals surface area contributed by atoms with Crippen LogP contribution in [0.25, 0.3) is 11.4 Å². The van der Waals surface area contributed by atoms with Crippen LogP contribution in [0.5, 0.6) is 0 Å². The fourth-order valence-corrected chi connectivity index (χ4v) is 1.91. The number of alkyl halides is 3. The Morgan fingerprint density at radius 2 is 2.00 bits per heavy atom. The molecule has 2 aromatic rings. The van der Waals surface area contributed by atoms with E-state index >= 15 is 0 Å². The van der Waals surface area contributed by atoms with Crippen molar-refractivity contribution in [3.8, 4) is 11.4 Å². The highest BCUT2D eigenvalue weighted by atomic mass is 19.4. The predicted molar refractivity (Wildman–Crippen MR) is 78.2 cm³/mol. The third kappa shape index (κ3) is 4.54. The van der Waals surface area contributed by atoms with Crippen LogP contribution in [0.1, 0.15) is 30.1 Å². The first-order valence-corrected chi connectivity index (χ1v) is 7.22. The van der Waals surface area contributed by atoms with E-state index in [4.69, 9.17) is 4.74 Å². The van der Waals surface area contributed by atoms with Crippen LogP contribution in [0.4, 0.5) is 13.2 Å². The second-order valence-electron chi connectivity index (χ2n) is 4.97. The van der Waals surface area contributed by atoms with E-state index in [-0.39, 0.29) is 17.8 Å². The number of benzene rings is 1. The highest BCUT2D eigenvalue weighted by Gasteiger charge is 2.38. The molecule has 24 heavy (non-hydrogen) atoms. The van der Waals surface area contributed by atoms with Crippen molar-refractivity contribution in [1.29, 1.82) is 0 Å². The molecule has 1 N–H and O–H groups in total. The van der Waals surface area contributed by atoms with Gasteiger partial charge >= 0.3 is 12.1 Å². The standard InChI is InChI=1S/C15H16F3N3O3/c1-3-23-9(2)8-19-13(22)11-6-4-10(5-7-11)12-20-14(24-21-12)15(16,17)18/h4-7,9H,3,8H2,1-2H3,(H,19,22). The normalized spacial score (nSPS) is 12.9. The average molecular weight is 343 g/mol.